The Morgan fingerprint density at radius 3 is 2.73 bits per heavy atom. The van der Waals surface area contributed by atoms with E-state index in [1.807, 2.05) is 6.92 Å². The Kier molecular flexibility index (Phi) is 3.61. The van der Waals surface area contributed by atoms with Crippen LogP contribution in [0.5, 0.6) is 0 Å². The van der Waals surface area contributed by atoms with E-state index in [-0.39, 0.29) is 12.7 Å². The van der Waals surface area contributed by atoms with Gasteiger partial charge in [-0.2, -0.15) is 0 Å². The van der Waals surface area contributed by atoms with Crippen LogP contribution >= 0.6 is 0 Å². The summed E-state index contributed by atoms with van der Waals surface area (Å²) in [5.41, 5.74) is 0. The summed E-state index contributed by atoms with van der Waals surface area (Å²) in [6, 6.07) is 0. The molecule has 0 bridgehead atoms. The van der Waals surface area contributed by atoms with E-state index >= 15 is 0 Å². The predicted molar refractivity (Wildman–Crippen MR) is 56.6 cm³/mol. The van der Waals surface area contributed by atoms with E-state index in [4.69, 9.17) is 14.6 Å². The third kappa shape index (κ3) is 2.91. The number of hydrogen-bond acceptors (Lipinski definition) is 4. The normalized spacial score (nSPS) is 37.6. The van der Waals surface area contributed by atoms with Gasteiger partial charge in [0, 0.05) is 13.0 Å². The average molecular weight is 215 g/mol. The smallest absolute Gasteiger partial charge is 0.167 e. The summed E-state index contributed by atoms with van der Waals surface area (Å²) in [5, 5.41) is 8.96. The van der Waals surface area contributed by atoms with Crippen molar-refractivity contribution in [2.75, 3.05) is 32.8 Å². The lowest BCUT2D eigenvalue weighted by molar-refractivity contribution is -0.163. The van der Waals surface area contributed by atoms with Crippen molar-refractivity contribution in [3.8, 4) is 0 Å². The van der Waals surface area contributed by atoms with Crippen LogP contribution in [0.1, 0.15) is 26.2 Å². The Bertz CT molecular complexity index is 206. The van der Waals surface area contributed by atoms with E-state index < -0.39 is 5.79 Å². The fourth-order valence-corrected chi connectivity index (χ4v) is 2.28. The van der Waals surface area contributed by atoms with Gasteiger partial charge in [-0.3, -0.25) is 0 Å². The minimum absolute atomic E-state index is 0.0549. The summed E-state index contributed by atoms with van der Waals surface area (Å²) in [4.78, 5) is 2.45. The van der Waals surface area contributed by atoms with Gasteiger partial charge in [-0.05, 0) is 32.9 Å². The Balaban J connectivity index is 1.73. The topological polar surface area (TPSA) is 41.9 Å². The third-order valence-corrected chi connectivity index (χ3v) is 3.27. The molecule has 2 unspecified atom stereocenters. The molecule has 4 nitrogen and oxygen atoms in total. The number of aliphatic hydroxyl groups is 1. The standard InChI is InChI=1S/C11H21NO3/c1-11(14-9-10(8-13)15-11)4-7-12-5-2-3-6-12/h10,13H,2-9H2,1H3. The van der Waals surface area contributed by atoms with Gasteiger partial charge in [0.1, 0.15) is 6.10 Å². The average Bonchev–Trinajstić information content (AvgIpc) is 2.84. The summed E-state index contributed by atoms with van der Waals surface area (Å²) >= 11 is 0. The van der Waals surface area contributed by atoms with Gasteiger partial charge in [0.2, 0.25) is 0 Å². The monoisotopic (exact) mass is 215 g/mol. The van der Waals surface area contributed by atoms with E-state index in [1.165, 1.54) is 25.9 Å². The Hall–Kier alpha value is -0.160. The van der Waals surface area contributed by atoms with Crippen LogP contribution in [0.3, 0.4) is 0 Å². The van der Waals surface area contributed by atoms with Crippen molar-refractivity contribution in [3.63, 3.8) is 0 Å². The van der Waals surface area contributed by atoms with E-state index in [9.17, 15) is 0 Å². The second kappa shape index (κ2) is 4.78. The lowest BCUT2D eigenvalue weighted by Gasteiger charge is -2.25. The molecule has 0 radical (unpaired) electrons. The molecule has 0 spiro atoms. The van der Waals surface area contributed by atoms with Gasteiger partial charge in [-0.1, -0.05) is 0 Å². The number of nitrogens with zero attached hydrogens (tertiary/aromatic N) is 1. The molecule has 2 rings (SSSR count). The van der Waals surface area contributed by atoms with Crippen LogP contribution in [0.25, 0.3) is 0 Å². The van der Waals surface area contributed by atoms with Crippen molar-refractivity contribution < 1.29 is 14.6 Å². The second-order valence-electron chi connectivity index (χ2n) is 4.67. The van der Waals surface area contributed by atoms with E-state index in [2.05, 4.69) is 4.90 Å². The third-order valence-electron chi connectivity index (χ3n) is 3.27. The quantitative estimate of drug-likeness (QED) is 0.745. The molecule has 2 aliphatic heterocycles. The molecule has 0 aromatic rings. The maximum Gasteiger partial charge on any atom is 0.167 e. The number of aliphatic hydroxyl groups excluding tert-OH is 1. The molecular weight excluding hydrogens is 194 g/mol. The van der Waals surface area contributed by atoms with Crippen molar-refractivity contribution >= 4 is 0 Å². The van der Waals surface area contributed by atoms with Crippen LogP contribution in [-0.4, -0.2) is 54.7 Å². The fourth-order valence-electron chi connectivity index (χ4n) is 2.28. The first kappa shape index (κ1) is 11.3. The number of likely N-dealkylation sites (tertiary alicyclic amines) is 1. The molecule has 2 aliphatic rings. The summed E-state index contributed by atoms with van der Waals surface area (Å²) in [6.45, 7) is 6.00. The first-order chi connectivity index (χ1) is 7.22. The Morgan fingerprint density at radius 2 is 2.13 bits per heavy atom. The summed E-state index contributed by atoms with van der Waals surface area (Å²) < 4.78 is 11.3. The Morgan fingerprint density at radius 1 is 1.40 bits per heavy atom. The maximum absolute atomic E-state index is 8.96. The fraction of sp³-hybridized carbons (Fsp3) is 1.00. The molecule has 4 heteroatoms. The number of ether oxygens (including phenoxy) is 2. The first-order valence-corrected chi connectivity index (χ1v) is 5.87. The summed E-state index contributed by atoms with van der Waals surface area (Å²) in [5.74, 6) is -0.476. The maximum atomic E-state index is 8.96. The van der Waals surface area contributed by atoms with Gasteiger partial charge in [0.05, 0.1) is 13.2 Å². The highest BCUT2D eigenvalue weighted by Crippen LogP contribution is 2.27. The number of rotatable bonds is 4. The Labute approximate surface area is 91.2 Å². The molecule has 2 saturated heterocycles. The minimum Gasteiger partial charge on any atom is -0.394 e. The molecule has 15 heavy (non-hydrogen) atoms. The van der Waals surface area contributed by atoms with Crippen LogP contribution in [0.2, 0.25) is 0 Å². The summed E-state index contributed by atoms with van der Waals surface area (Å²) in [6.07, 6.45) is 3.40. The molecule has 0 saturated carbocycles. The van der Waals surface area contributed by atoms with Crippen LogP contribution in [0, 0.1) is 0 Å². The highest BCUT2D eigenvalue weighted by molar-refractivity contribution is 4.77. The zero-order valence-electron chi connectivity index (χ0n) is 9.45. The van der Waals surface area contributed by atoms with E-state index in [1.54, 1.807) is 0 Å². The molecule has 0 amide bonds. The zero-order valence-corrected chi connectivity index (χ0v) is 9.45. The first-order valence-electron chi connectivity index (χ1n) is 5.87. The van der Waals surface area contributed by atoms with Gasteiger partial charge in [-0.25, -0.2) is 0 Å². The molecule has 2 atom stereocenters. The lowest BCUT2D eigenvalue weighted by atomic mass is 10.2. The molecule has 1 N–H and O–H groups in total. The van der Waals surface area contributed by atoms with Gasteiger partial charge < -0.3 is 19.5 Å². The molecule has 2 heterocycles. The second-order valence-corrected chi connectivity index (χ2v) is 4.67. The van der Waals surface area contributed by atoms with Crippen molar-refractivity contribution in [3.05, 3.63) is 0 Å². The lowest BCUT2D eigenvalue weighted by Crippen LogP contribution is -2.33. The van der Waals surface area contributed by atoms with Gasteiger partial charge in [-0.15, -0.1) is 0 Å². The van der Waals surface area contributed by atoms with Crippen molar-refractivity contribution in [1.29, 1.82) is 0 Å². The molecule has 88 valence electrons. The van der Waals surface area contributed by atoms with Crippen molar-refractivity contribution in [2.24, 2.45) is 0 Å². The van der Waals surface area contributed by atoms with E-state index in [0.717, 1.165) is 13.0 Å². The van der Waals surface area contributed by atoms with E-state index in [0.29, 0.717) is 6.61 Å². The van der Waals surface area contributed by atoms with Gasteiger partial charge in [0.15, 0.2) is 5.79 Å². The van der Waals surface area contributed by atoms with Gasteiger partial charge >= 0.3 is 0 Å². The zero-order chi connectivity index (χ0) is 10.7. The summed E-state index contributed by atoms with van der Waals surface area (Å²) in [7, 11) is 0. The van der Waals surface area contributed by atoms with Crippen LogP contribution in [-0.2, 0) is 9.47 Å². The predicted octanol–water partition coefficient (Wildman–Crippen LogP) is 0.596. The molecule has 0 aromatic heterocycles. The van der Waals surface area contributed by atoms with Crippen LogP contribution in [0.15, 0.2) is 0 Å². The molecular formula is C11H21NO3. The van der Waals surface area contributed by atoms with Crippen molar-refractivity contribution in [2.45, 2.75) is 38.1 Å². The SMILES string of the molecule is CC1(CCN2CCCC2)OCC(CO)O1. The molecule has 0 aromatic carbocycles. The molecule has 2 fully saturated rings. The molecule has 0 aliphatic carbocycles. The highest BCUT2D eigenvalue weighted by Gasteiger charge is 2.36. The van der Waals surface area contributed by atoms with Crippen LogP contribution in [0.4, 0.5) is 0 Å². The van der Waals surface area contributed by atoms with Crippen LogP contribution < -0.4 is 0 Å². The van der Waals surface area contributed by atoms with Gasteiger partial charge in [0.25, 0.3) is 0 Å². The number of hydrogen-bond donors (Lipinski definition) is 1. The van der Waals surface area contributed by atoms with Crippen molar-refractivity contribution in [1.82, 2.24) is 4.90 Å². The minimum atomic E-state index is -0.476. The highest BCUT2D eigenvalue weighted by atomic mass is 16.7. The largest absolute Gasteiger partial charge is 0.394 e.